The molecule has 0 radical (unpaired) electrons. The largest absolute Gasteiger partial charge is 0.472 e. The summed E-state index contributed by atoms with van der Waals surface area (Å²) in [5.41, 5.74) is 6.79. The minimum Gasteiger partial charge on any atom is -0.472 e. The van der Waals surface area contributed by atoms with Crippen molar-refractivity contribution in [2.24, 2.45) is 34.5 Å². The lowest BCUT2D eigenvalue weighted by molar-refractivity contribution is -0.0468. The van der Waals surface area contributed by atoms with Gasteiger partial charge < -0.3 is 9.52 Å². The molecule has 2 heteroatoms. The Morgan fingerprint density at radius 3 is 2.55 bits per heavy atom. The van der Waals surface area contributed by atoms with Gasteiger partial charge in [-0.2, -0.15) is 0 Å². The molecule has 158 valence electrons. The topological polar surface area (TPSA) is 33.4 Å². The van der Waals surface area contributed by atoms with Crippen molar-refractivity contribution in [3.63, 3.8) is 0 Å². The molecule has 0 aliphatic heterocycles. The summed E-state index contributed by atoms with van der Waals surface area (Å²) in [6.45, 7) is 9.83. The molecule has 2 fully saturated rings. The number of aliphatic hydroxyl groups excluding tert-OH is 1. The van der Waals surface area contributed by atoms with Gasteiger partial charge in [-0.15, -0.1) is 0 Å². The molecule has 4 aliphatic rings. The van der Waals surface area contributed by atoms with Gasteiger partial charge in [0.15, 0.2) is 0 Å². The van der Waals surface area contributed by atoms with E-state index in [0.29, 0.717) is 11.3 Å². The van der Waals surface area contributed by atoms with Gasteiger partial charge in [0, 0.05) is 5.56 Å². The summed E-state index contributed by atoms with van der Waals surface area (Å²) in [4.78, 5) is 0. The van der Waals surface area contributed by atoms with Gasteiger partial charge in [-0.25, -0.2) is 0 Å². The van der Waals surface area contributed by atoms with Gasteiger partial charge in [0.2, 0.25) is 0 Å². The van der Waals surface area contributed by atoms with Crippen LogP contribution < -0.4 is 0 Å². The maximum absolute atomic E-state index is 10.4. The highest BCUT2D eigenvalue weighted by Crippen LogP contribution is 2.69. The first-order chi connectivity index (χ1) is 13.9. The van der Waals surface area contributed by atoms with Crippen molar-refractivity contribution < 1.29 is 9.52 Å². The fourth-order valence-electron chi connectivity index (χ4n) is 8.24. The summed E-state index contributed by atoms with van der Waals surface area (Å²) in [5.74, 6) is 2.96. The van der Waals surface area contributed by atoms with Gasteiger partial charge in [-0.3, -0.25) is 0 Å². The summed E-state index contributed by atoms with van der Waals surface area (Å²) in [5, 5.41) is 10.4. The first-order valence-corrected chi connectivity index (χ1v) is 12.1. The van der Waals surface area contributed by atoms with E-state index in [4.69, 9.17) is 4.42 Å². The second-order valence-corrected chi connectivity index (χ2v) is 10.9. The van der Waals surface area contributed by atoms with Gasteiger partial charge in [-0.1, -0.05) is 44.9 Å². The van der Waals surface area contributed by atoms with Gasteiger partial charge >= 0.3 is 0 Å². The molecular formula is C27H38O2. The van der Waals surface area contributed by atoms with Gasteiger partial charge in [0.1, 0.15) is 0 Å². The number of fused-ring (bicyclic) bond motifs is 5. The van der Waals surface area contributed by atoms with E-state index in [0.717, 1.165) is 37.0 Å². The molecule has 5 rings (SSSR count). The molecule has 1 aromatic rings. The van der Waals surface area contributed by atoms with E-state index >= 15 is 0 Å². The molecule has 2 unspecified atom stereocenters. The molecule has 0 aromatic carbocycles. The molecule has 0 spiro atoms. The first-order valence-electron chi connectivity index (χ1n) is 12.1. The maximum Gasteiger partial charge on any atom is 0.0977 e. The summed E-state index contributed by atoms with van der Waals surface area (Å²) >= 11 is 0. The first kappa shape index (κ1) is 19.7. The molecule has 4 aliphatic carbocycles. The van der Waals surface area contributed by atoms with Crippen molar-refractivity contribution >= 4 is 5.57 Å². The van der Waals surface area contributed by atoms with E-state index in [1.165, 1.54) is 37.7 Å². The SMILES string of the molecule is CCC1=C(c2ccoc2)[C@@]2(C)CC[C@@H]3[C@@H](C(CC)C=C4CC(O)CC[C@@]43C)[C@@H]2C1. The second-order valence-electron chi connectivity index (χ2n) is 10.9. The Labute approximate surface area is 176 Å². The lowest BCUT2D eigenvalue weighted by Crippen LogP contribution is -2.52. The predicted octanol–water partition coefficient (Wildman–Crippen LogP) is 7.01. The zero-order valence-corrected chi connectivity index (χ0v) is 18.7. The number of rotatable bonds is 3. The average Bonchev–Trinajstić information content (AvgIpc) is 3.32. The van der Waals surface area contributed by atoms with Crippen molar-refractivity contribution in [2.75, 3.05) is 0 Å². The molecule has 0 bridgehead atoms. The standard InChI is InChI=1S/C27H38O2/c1-5-17-13-20-15-21(28)7-10-26(20,3)22-8-11-27(4)23(24(17)22)14-18(6-2)25(27)19-9-12-29-16-19/h9,12-13,16-17,21-24,28H,5-8,10-11,14-15H2,1-4H3/t17?,21?,22-,23+,24-,26+,27+/m1/s1. The zero-order chi connectivity index (χ0) is 20.4. The number of aliphatic hydroxyl groups is 1. The van der Waals surface area contributed by atoms with Crippen molar-refractivity contribution in [1.29, 1.82) is 0 Å². The zero-order valence-electron chi connectivity index (χ0n) is 18.7. The number of furan rings is 1. The Morgan fingerprint density at radius 1 is 1.07 bits per heavy atom. The van der Waals surface area contributed by atoms with Crippen LogP contribution in [0.25, 0.3) is 5.57 Å². The van der Waals surface area contributed by atoms with E-state index in [1.807, 2.05) is 12.5 Å². The van der Waals surface area contributed by atoms with E-state index in [-0.39, 0.29) is 11.5 Å². The fraction of sp³-hybridized carbons (Fsp3) is 0.704. The third kappa shape index (κ3) is 2.70. The Balaban J connectivity index is 1.58. The monoisotopic (exact) mass is 394 g/mol. The van der Waals surface area contributed by atoms with Crippen LogP contribution in [0.4, 0.5) is 0 Å². The Kier molecular flexibility index (Phi) is 4.66. The van der Waals surface area contributed by atoms with Crippen LogP contribution >= 0.6 is 0 Å². The number of hydrogen-bond donors (Lipinski definition) is 1. The molecule has 1 heterocycles. The quantitative estimate of drug-likeness (QED) is 0.559. The normalized spacial score (nSPS) is 44.2. The van der Waals surface area contributed by atoms with E-state index < -0.39 is 0 Å². The highest BCUT2D eigenvalue weighted by atomic mass is 16.3. The Bertz CT molecular complexity index is 831. The smallest absolute Gasteiger partial charge is 0.0977 e. The fourth-order valence-corrected chi connectivity index (χ4v) is 8.24. The van der Waals surface area contributed by atoms with Gasteiger partial charge in [0.05, 0.1) is 18.6 Å². The van der Waals surface area contributed by atoms with Crippen LogP contribution in [0.15, 0.2) is 40.2 Å². The number of allylic oxidation sites excluding steroid dienone is 3. The molecule has 1 N–H and O–H groups in total. The predicted molar refractivity (Wildman–Crippen MR) is 118 cm³/mol. The molecule has 0 amide bonds. The van der Waals surface area contributed by atoms with Crippen molar-refractivity contribution in [1.82, 2.24) is 0 Å². The van der Waals surface area contributed by atoms with Crippen LogP contribution in [0, 0.1) is 34.5 Å². The third-order valence-electron chi connectivity index (χ3n) is 9.74. The van der Waals surface area contributed by atoms with Crippen LogP contribution in [-0.2, 0) is 0 Å². The highest BCUT2D eigenvalue weighted by molar-refractivity contribution is 5.75. The maximum atomic E-state index is 10.4. The molecular weight excluding hydrogens is 356 g/mol. The van der Waals surface area contributed by atoms with Gasteiger partial charge in [-0.05, 0) is 97.5 Å². The lowest BCUT2D eigenvalue weighted by Gasteiger charge is -2.59. The number of hydrogen-bond acceptors (Lipinski definition) is 2. The molecule has 0 saturated heterocycles. The van der Waals surface area contributed by atoms with E-state index in [2.05, 4.69) is 39.8 Å². The molecule has 1 aromatic heterocycles. The van der Waals surface area contributed by atoms with Crippen molar-refractivity contribution in [2.45, 2.75) is 85.2 Å². The van der Waals surface area contributed by atoms with Crippen molar-refractivity contribution in [3.8, 4) is 0 Å². The minimum atomic E-state index is -0.121. The Morgan fingerprint density at radius 2 is 1.86 bits per heavy atom. The molecule has 2 nitrogen and oxygen atoms in total. The van der Waals surface area contributed by atoms with Crippen LogP contribution in [0.3, 0.4) is 0 Å². The van der Waals surface area contributed by atoms with Crippen LogP contribution in [0.2, 0.25) is 0 Å². The summed E-state index contributed by atoms with van der Waals surface area (Å²) in [6.07, 6.45) is 15.7. The average molecular weight is 395 g/mol. The summed E-state index contributed by atoms with van der Waals surface area (Å²) in [7, 11) is 0. The van der Waals surface area contributed by atoms with Gasteiger partial charge in [0.25, 0.3) is 0 Å². The second kappa shape index (κ2) is 6.87. The van der Waals surface area contributed by atoms with E-state index in [9.17, 15) is 5.11 Å². The lowest BCUT2D eigenvalue weighted by atomic mass is 9.45. The van der Waals surface area contributed by atoms with Crippen LogP contribution in [0.1, 0.15) is 84.6 Å². The Hall–Kier alpha value is -1.28. The van der Waals surface area contributed by atoms with Crippen LogP contribution in [-0.4, -0.2) is 11.2 Å². The third-order valence-corrected chi connectivity index (χ3v) is 9.74. The molecule has 7 atom stereocenters. The summed E-state index contributed by atoms with van der Waals surface area (Å²) < 4.78 is 5.52. The highest BCUT2D eigenvalue weighted by Gasteiger charge is 2.59. The molecule has 29 heavy (non-hydrogen) atoms. The minimum absolute atomic E-state index is 0.121. The van der Waals surface area contributed by atoms with Crippen molar-refractivity contribution in [3.05, 3.63) is 41.4 Å². The van der Waals surface area contributed by atoms with E-state index in [1.54, 1.807) is 16.7 Å². The summed E-state index contributed by atoms with van der Waals surface area (Å²) in [6, 6.07) is 2.19. The molecule has 2 saturated carbocycles. The van der Waals surface area contributed by atoms with Crippen LogP contribution in [0.5, 0.6) is 0 Å².